The molecule has 1 aromatic heterocycles. The van der Waals surface area contributed by atoms with Crippen LogP contribution < -0.4 is 5.32 Å². The minimum Gasteiger partial charge on any atom is -0.395 e. The van der Waals surface area contributed by atoms with Crippen LogP contribution >= 0.6 is 0 Å². The fraction of sp³-hybridized carbons (Fsp3) is 0.286. The predicted molar refractivity (Wildman–Crippen MR) is 98.4 cm³/mol. The molecule has 1 aliphatic carbocycles. The molecule has 2 aromatic carbocycles. The molecule has 2 atom stereocenters. The molecule has 2 aliphatic rings. The second-order valence-electron chi connectivity index (χ2n) is 7.04. The number of imidazole rings is 1. The topological polar surface area (TPSA) is 50.1 Å². The number of aromatic nitrogens is 2. The zero-order valence-corrected chi connectivity index (χ0v) is 14.0. The highest BCUT2D eigenvalue weighted by Crippen LogP contribution is 2.38. The van der Waals surface area contributed by atoms with Crippen LogP contribution in [0.2, 0.25) is 0 Å². The molecule has 0 bridgehead atoms. The number of hydrogen-bond donors (Lipinski definition) is 2. The summed E-state index contributed by atoms with van der Waals surface area (Å²) in [6, 6.07) is 15.9. The number of rotatable bonds is 3. The quantitative estimate of drug-likeness (QED) is 0.607. The number of benzene rings is 2. The molecule has 0 saturated carbocycles. The number of fused-ring (bicyclic) bond motifs is 3. The van der Waals surface area contributed by atoms with Crippen LogP contribution in [-0.2, 0) is 6.42 Å². The average molecular weight is 331 g/mol. The molecule has 0 spiro atoms. The smallest absolute Gasteiger partial charge is 0.140 e. The maximum Gasteiger partial charge on any atom is 0.140 e. The highest BCUT2D eigenvalue weighted by Gasteiger charge is 2.27. The van der Waals surface area contributed by atoms with Gasteiger partial charge in [0, 0.05) is 36.6 Å². The standard InChI is InChI=1S/C21H21N3O/c25-13-17-11-18(12-23-17)24-8-7-22-21(24)15-5-6-20-16(10-15)9-14-3-1-2-4-19(14)20/h1-8,10,17-18,23,25H,9,11-13H2/t17-,18+/m0/s1. The van der Waals surface area contributed by atoms with Crippen molar-refractivity contribution in [3.63, 3.8) is 0 Å². The maximum absolute atomic E-state index is 9.37. The van der Waals surface area contributed by atoms with Gasteiger partial charge in [-0.2, -0.15) is 0 Å². The van der Waals surface area contributed by atoms with Gasteiger partial charge in [0.05, 0.1) is 6.61 Å². The second kappa shape index (κ2) is 5.83. The van der Waals surface area contributed by atoms with Crippen molar-refractivity contribution >= 4 is 0 Å². The van der Waals surface area contributed by atoms with Crippen molar-refractivity contribution in [2.24, 2.45) is 0 Å². The van der Waals surface area contributed by atoms with Gasteiger partial charge in [-0.15, -0.1) is 0 Å². The summed E-state index contributed by atoms with van der Waals surface area (Å²) in [6.45, 7) is 1.07. The van der Waals surface area contributed by atoms with Crippen LogP contribution in [0.4, 0.5) is 0 Å². The second-order valence-corrected chi connectivity index (χ2v) is 7.04. The van der Waals surface area contributed by atoms with Crippen molar-refractivity contribution in [3.8, 4) is 22.5 Å². The summed E-state index contributed by atoms with van der Waals surface area (Å²) in [7, 11) is 0. The monoisotopic (exact) mass is 331 g/mol. The van der Waals surface area contributed by atoms with Gasteiger partial charge in [0.15, 0.2) is 0 Å². The van der Waals surface area contributed by atoms with Crippen molar-refractivity contribution in [2.45, 2.75) is 24.9 Å². The van der Waals surface area contributed by atoms with Crippen molar-refractivity contribution in [2.75, 3.05) is 13.2 Å². The maximum atomic E-state index is 9.37. The van der Waals surface area contributed by atoms with Crippen molar-refractivity contribution in [3.05, 3.63) is 66.0 Å². The zero-order valence-electron chi connectivity index (χ0n) is 14.0. The number of aliphatic hydroxyl groups excluding tert-OH is 1. The fourth-order valence-corrected chi connectivity index (χ4v) is 4.26. The molecule has 0 amide bonds. The van der Waals surface area contributed by atoms with E-state index in [2.05, 4.69) is 63.5 Å². The Kier molecular flexibility index (Phi) is 3.47. The zero-order chi connectivity index (χ0) is 16.8. The Labute approximate surface area is 147 Å². The van der Waals surface area contributed by atoms with Gasteiger partial charge in [0.1, 0.15) is 5.82 Å². The summed E-state index contributed by atoms with van der Waals surface area (Å²) in [5, 5.41) is 12.8. The van der Waals surface area contributed by atoms with Crippen LogP contribution in [0.15, 0.2) is 54.9 Å². The van der Waals surface area contributed by atoms with Crippen LogP contribution in [0.5, 0.6) is 0 Å². The minimum atomic E-state index is 0.190. The first-order valence-corrected chi connectivity index (χ1v) is 8.92. The van der Waals surface area contributed by atoms with Crippen LogP contribution in [0.25, 0.3) is 22.5 Å². The molecule has 1 saturated heterocycles. The Morgan fingerprint density at radius 1 is 1.12 bits per heavy atom. The molecule has 0 radical (unpaired) electrons. The van der Waals surface area contributed by atoms with Crippen LogP contribution in [-0.4, -0.2) is 33.9 Å². The molecule has 126 valence electrons. The number of aliphatic hydroxyl groups is 1. The normalized spacial score (nSPS) is 21.3. The summed E-state index contributed by atoms with van der Waals surface area (Å²) in [4.78, 5) is 4.63. The van der Waals surface area contributed by atoms with E-state index in [1.807, 2.05) is 6.20 Å². The van der Waals surface area contributed by atoms with E-state index in [-0.39, 0.29) is 12.6 Å². The molecular weight excluding hydrogens is 310 g/mol. The third-order valence-corrected chi connectivity index (χ3v) is 5.53. The lowest BCUT2D eigenvalue weighted by Crippen LogP contribution is -2.24. The van der Waals surface area contributed by atoms with Crippen molar-refractivity contribution < 1.29 is 5.11 Å². The van der Waals surface area contributed by atoms with Crippen LogP contribution in [0.1, 0.15) is 23.6 Å². The molecule has 25 heavy (non-hydrogen) atoms. The van der Waals surface area contributed by atoms with E-state index in [4.69, 9.17) is 0 Å². The lowest BCUT2D eigenvalue weighted by atomic mass is 10.0. The van der Waals surface area contributed by atoms with E-state index in [0.717, 1.165) is 25.2 Å². The lowest BCUT2D eigenvalue weighted by Gasteiger charge is -2.15. The Hall–Kier alpha value is -2.43. The van der Waals surface area contributed by atoms with Gasteiger partial charge >= 0.3 is 0 Å². The third kappa shape index (κ3) is 2.41. The molecular formula is C21H21N3O. The molecule has 4 heteroatoms. The van der Waals surface area contributed by atoms with Crippen molar-refractivity contribution in [1.82, 2.24) is 14.9 Å². The number of nitrogens with zero attached hydrogens (tertiary/aromatic N) is 2. The Bertz CT molecular complexity index is 930. The molecule has 2 N–H and O–H groups in total. The van der Waals surface area contributed by atoms with E-state index >= 15 is 0 Å². The highest BCUT2D eigenvalue weighted by atomic mass is 16.3. The molecule has 1 aliphatic heterocycles. The van der Waals surface area contributed by atoms with E-state index in [9.17, 15) is 5.11 Å². The summed E-state index contributed by atoms with van der Waals surface area (Å²) >= 11 is 0. The first-order valence-electron chi connectivity index (χ1n) is 8.92. The number of nitrogens with one attached hydrogen (secondary N) is 1. The van der Waals surface area contributed by atoms with E-state index in [1.165, 1.54) is 27.8 Å². The van der Waals surface area contributed by atoms with E-state index < -0.39 is 0 Å². The van der Waals surface area contributed by atoms with Crippen LogP contribution in [0, 0.1) is 0 Å². The Morgan fingerprint density at radius 3 is 2.88 bits per heavy atom. The van der Waals surface area contributed by atoms with Gasteiger partial charge in [-0.1, -0.05) is 36.4 Å². The van der Waals surface area contributed by atoms with Gasteiger partial charge in [-0.25, -0.2) is 4.98 Å². The molecule has 3 aromatic rings. The first kappa shape index (κ1) is 14.9. The van der Waals surface area contributed by atoms with E-state index in [1.54, 1.807) is 0 Å². The lowest BCUT2D eigenvalue weighted by molar-refractivity contribution is 0.253. The van der Waals surface area contributed by atoms with Crippen molar-refractivity contribution in [1.29, 1.82) is 0 Å². The van der Waals surface area contributed by atoms with Gasteiger partial charge in [-0.05, 0) is 41.2 Å². The minimum absolute atomic E-state index is 0.190. The molecule has 4 nitrogen and oxygen atoms in total. The van der Waals surface area contributed by atoms with Crippen LogP contribution in [0.3, 0.4) is 0 Å². The summed E-state index contributed by atoms with van der Waals surface area (Å²) in [5.74, 6) is 1.02. The van der Waals surface area contributed by atoms with Gasteiger partial charge in [0.25, 0.3) is 0 Å². The Balaban J connectivity index is 1.50. The van der Waals surface area contributed by atoms with Gasteiger partial charge in [-0.3, -0.25) is 0 Å². The van der Waals surface area contributed by atoms with Gasteiger partial charge in [0.2, 0.25) is 0 Å². The molecule has 1 fully saturated rings. The molecule has 5 rings (SSSR count). The number of hydrogen-bond acceptors (Lipinski definition) is 3. The first-order chi connectivity index (χ1) is 12.3. The Morgan fingerprint density at radius 2 is 2.00 bits per heavy atom. The third-order valence-electron chi connectivity index (χ3n) is 5.53. The van der Waals surface area contributed by atoms with Gasteiger partial charge < -0.3 is 15.0 Å². The summed E-state index contributed by atoms with van der Waals surface area (Å²) < 4.78 is 2.26. The fourth-order valence-electron chi connectivity index (χ4n) is 4.26. The van der Waals surface area contributed by atoms with E-state index in [0.29, 0.717) is 6.04 Å². The SMILES string of the molecule is OC[C@@H]1C[C@@H](n2ccnc2-c2ccc3c(c2)Cc2ccccc2-3)CN1. The largest absolute Gasteiger partial charge is 0.395 e. The molecule has 2 heterocycles. The summed E-state index contributed by atoms with van der Waals surface area (Å²) in [6.07, 6.45) is 5.88. The molecule has 0 unspecified atom stereocenters. The summed E-state index contributed by atoms with van der Waals surface area (Å²) in [5.41, 5.74) is 6.66. The average Bonchev–Trinajstić information content (AvgIpc) is 3.37. The highest BCUT2D eigenvalue weighted by molar-refractivity contribution is 5.79. The predicted octanol–water partition coefficient (Wildman–Crippen LogP) is 3.02.